The van der Waals surface area contributed by atoms with Crippen molar-refractivity contribution < 1.29 is 13.6 Å². The lowest BCUT2D eigenvalue weighted by Gasteiger charge is -2.09. The SMILES string of the molecule is O=C(NCc1ccc(F)cc1)Nc1nc(=O)c(-c2ccc(CNCCCF)c(Cl)c2)c[nH]1. The molecule has 0 radical (unpaired) electrons. The van der Waals surface area contributed by atoms with Crippen LogP contribution in [0.25, 0.3) is 11.1 Å². The maximum Gasteiger partial charge on any atom is 0.321 e. The molecular formula is C22H22ClF2N5O2. The molecule has 0 aliphatic carbocycles. The van der Waals surface area contributed by atoms with E-state index in [2.05, 4.69) is 25.9 Å². The van der Waals surface area contributed by atoms with Gasteiger partial charge in [0, 0.05) is 24.3 Å². The molecule has 3 aromatic rings. The minimum absolute atomic E-state index is 0.0184. The van der Waals surface area contributed by atoms with Crippen LogP contribution in [0.1, 0.15) is 17.5 Å². The Labute approximate surface area is 188 Å². The molecule has 168 valence electrons. The van der Waals surface area contributed by atoms with Crippen LogP contribution in [0.3, 0.4) is 0 Å². The number of urea groups is 1. The molecule has 0 atom stereocenters. The highest BCUT2D eigenvalue weighted by Crippen LogP contribution is 2.23. The smallest absolute Gasteiger partial charge is 0.321 e. The van der Waals surface area contributed by atoms with Crippen molar-refractivity contribution in [2.45, 2.75) is 19.5 Å². The molecule has 0 saturated heterocycles. The number of aromatic nitrogens is 2. The van der Waals surface area contributed by atoms with Gasteiger partial charge in [-0.3, -0.25) is 14.5 Å². The summed E-state index contributed by atoms with van der Waals surface area (Å²) in [6.07, 6.45) is 1.87. The maximum atomic E-state index is 12.9. The Morgan fingerprint density at radius 1 is 1.12 bits per heavy atom. The minimum Gasteiger partial charge on any atom is -0.334 e. The Morgan fingerprint density at radius 3 is 2.59 bits per heavy atom. The summed E-state index contributed by atoms with van der Waals surface area (Å²) in [6, 6.07) is 10.3. The number of hydrogen-bond acceptors (Lipinski definition) is 4. The standard InChI is InChI=1S/C22H22ClF2N5O2/c23-19-10-15(4-5-16(19)12-26-9-1-8-24)18-13-27-21(29-20(18)31)30-22(32)28-11-14-2-6-17(25)7-3-14/h2-7,10,13,26H,1,8-9,11-12H2,(H3,27,28,29,30,31,32). The number of alkyl halides is 1. The zero-order chi connectivity index (χ0) is 22.9. The predicted molar refractivity (Wildman–Crippen MR) is 120 cm³/mol. The van der Waals surface area contributed by atoms with Crippen LogP contribution >= 0.6 is 11.6 Å². The van der Waals surface area contributed by atoms with Crippen molar-refractivity contribution in [2.24, 2.45) is 0 Å². The Balaban J connectivity index is 1.60. The molecule has 0 aliphatic heterocycles. The molecule has 0 fully saturated rings. The fourth-order valence-corrected chi connectivity index (χ4v) is 3.12. The number of halogens is 3. The number of carbonyl (C=O) groups excluding carboxylic acids is 1. The summed E-state index contributed by atoms with van der Waals surface area (Å²) in [4.78, 5) is 31.1. The lowest BCUT2D eigenvalue weighted by molar-refractivity contribution is 0.251. The van der Waals surface area contributed by atoms with Crippen molar-refractivity contribution in [3.05, 3.63) is 81.0 Å². The summed E-state index contributed by atoms with van der Waals surface area (Å²) < 4.78 is 25.1. The third kappa shape index (κ3) is 6.60. The molecule has 7 nitrogen and oxygen atoms in total. The number of nitrogens with one attached hydrogen (secondary N) is 4. The van der Waals surface area contributed by atoms with Gasteiger partial charge >= 0.3 is 6.03 Å². The number of H-pyrrole nitrogens is 1. The minimum atomic E-state index is -0.571. The lowest BCUT2D eigenvalue weighted by atomic mass is 10.1. The first kappa shape index (κ1) is 23.4. The quantitative estimate of drug-likeness (QED) is 0.362. The summed E-state index contributed by atoms with van der Waals surface area (Å²) >= 11 is 6.31. The average Bonchev–Trinajstić information content (AvgIpc) is 2.77. The number of rotatable bonds is 9. The Hall–Kier alpha value is -3.30. The van der Waals surface area contributed by atoms with E-state index in [1.807, 2.05) is 0 Å². The van der Waals surface area contributed by atoms with E-state index in [-0.39, 0.29) is 25.0 Å². The first-order valence-corrected chi connectivity index (χ1v) is 10.3. The van der Waals surface area contributed by atoms with E-state index >= 15 is 0 Å². The molecule has 0 bridgehead atoms. The molecular weight excluding hydrogens is 440 g/mol. The van der Waals surface area contributed by atoms with E-state index in [0.29, 0.717) is 35.7 Å². The van der Waals surface area contributed by atoms with Gasteiger partial charge in [0.05, 0.1) is 12.2 Å². The second-order valence-electron chi connectivity index (χ2n) is 6.93. The Bertz CT molecular complexity index is 1120. The van der Waals surface area contributed by atoms with Crippen LogP contribution < -0.4 is 21.5 Å². The van der Waals surface area contributed by atoms with Gasteiger partial charge in [-0.15, -0.1) is 0 Å². The third-order valence-corrected chi connectivity index (χ3v) is 4.91. The fraction of sp³-hybridized carbons (Fsp3) is 0.227. The largest absolute Gasteiger partial charge is 0.334 e. The Kier molecular flexibility index (Phi) is 8.29. The van der Waals surface area contributed by atoms with E-state index < -0.39 is 11.6 Å². The molecule has 10 heteroatoms. The number of amides is 2. The molecule has 0 unspecified atom stereocenters. The lowest BCUT2D eigenvalue weighted by Crippen LogP contribution is -2.30. The van der Waals surface area contributed by atoms with E-state index in [4.69, 9.17) is 11.6 Å². The summed E-state index contributed by atoms with van der Waals surface area (Å²) in [7, 11) is 0. The topological polar surface area (TPSA) is 98.9 Å². The fourth-order valence-electron chi connectivity index (χ4n) is 2.88. The van der Waals surface area contributed by atoms with Crippen molar-refractivity contribution in [3.8, 4) is 11.1 Å². The summed E-state index contributed by atoms with van der Waals surface area (Å²) in [5.41, 5.74) is 1.87. The van der Waals surface area contributed by atoms with Gasteiger partial charge in [-0.25, -0.2) is 9.18 Å². The molecule has 4 N–H and O–H groups in total. The van der Waals surface area contributed by atoms with Gasteiger partial charge in [0.15, 0.2) is 0 Å². The van der Waals surface area contributed by atoms with Crippen LogP contribution in [0.2, 0.25) is 5.02 Å². The first-order chi connectivity index (χ1) is 15.5. The number of nitrogens with zero attached hydrogens (tertiary/aromatic N) is 1. The zero-order valence-electron chi connectivity index (χ0n) is 17.1. The molecule has 0 aliphatic rings. The van der Waals surface area contributed by atoms with E-state index in [0.717, 1.165) is 11.1 Å². The van der Waals surface area contributed by atoms with Gasteiger partial charge in [0.2, 0.25) is 5.95 Å². The number of benzene rings is 2. The van der Waals surface area contributed by atoms with Crippen LogP contribution in [0.5, 0.6) is 0 Å². The van der Waals surface area contributed by atoms with Crippen LogP contribution in [-0.2, 0) is 13.1 Å². The molecule has 2 amide bonds. The van der Waals surface area contributed by atoms with Gasteiger partial charge < -0.3 is 15.6 Å². The maximum absolute atomic E-state index is 12.9. The normalized spacial score (nSPS) is 10.7. The van der Waals surface area contributed by atoms with E-state index in [1.165, 1.54) is 18.3 Å². The summed E-state index contributed by atoms with van der Waals surface area (Å²) in [6.45, 7) is 0.839. The van der Waals surface area contributed by atoms with Gasteiger partial charge in [0.25, 0.3) is 5.56 Å². The van der Waals surface area contributed by atoms with Crippen molar-refractivity contribution in [1.29, 1.82) is 0 Å². The van der Waals surface area contributed by atoms with Crippen molar-refractivity contribution in [3.63, 3.8) is 0 Å². The van der Waals surface area contributed by atoms with Crippen molar-refractivity contribution >= 4 is 23.6 Å². The second-order valence-corrected chi connectivity index (χ2v) is 7.33. The predicted octanol–water partition coefficient (Wildman–Crippen LogP) is 4.00. The first-order valence-electron chi connectivity index (χ1n) is 9.91. The number of hydrogen-bond donors (Lipinski definition) is 4. The molecule has 0 saturated carbocycles. The van der Waals surface area contributed by atoms with Gasteiger partial charge in [-0.2, -0.15) is 4.98 Å². The molecule has 2 aromatic carbocycles. The highest BCUT2D eigenvalue weighted by molar-refractivity contribution is 6.31. The number of anilines is 1. The summed E-state index contributed by atoms with van der Waals surface area (Å²) in [5, 5.41) is 8.60. The molecule has 1 aromatic heterocycles. The Morgan fingerprint density at radius 2 is 1.91 bits per heavy atom. The molecule has 0 spiro atoms. The average molecular weight is 462 g/mol. The van der Waals surface area contributed by atoms with Gasteiger partial charge in [-0.05, 0) is 47.9 Å². The number of carbonyl (C=O) groups is 1. The highest BCUT2D eigenvalue weighted by Gasteiger charge is 2.10. The summed E-state index contributed by atoms with van der Waals surface area (Å²) in [5.74, 6) is -0.378. The van der Waals surface area contributed by atoms with Gasteiger partial charge in [0.1, 0.15) is 5.82 Å². The van der Waals surface area contributed by atoms with Crippen LogP contribution in [-0.4, -0.2) is 29.2 Å². The zero-order valence-corrected chi connectivity index (χ0v) is 17.8. The third-order valence-electron chi connectivity index (χ3n) is 4.56. The second kappa shape index (κ2) is 11.4. The van der Waals surface area contributed by atoms with Crippen LogP contribution in [0.15, 0.2) is 53.5 Å². The van der Waals surface area contributed by atoms with E-state index in [1.54, 1.807) is 30.3 Å². The van der Waals surface area contributed by atoms with Crippen molar-refractivity contribution in [2.75, 3.05) is 18.5 Å². The molecule has 3 rings (SSSR count). The highest BCUT2D eigenvalue weighted by atomic mass is 35.5. The monoisotopic (exact) mass is 461 g/mol. The van der Waals surface area contributed by atoms with Crippen molar-refractivity contribution in [1.82, 2.24) is 20.6 Å². The number of aromatic amines is 1. The van der Waals surface area contributed by atoms with Gasteiger partial charge in [-0.1, -0.05) is 35.9 Å². The van der Waals surface area contributed by atoms with Crippen LogP contribution in [0, 0.1) is 5.82 Å². The molecule has 32 heavy (non-hydrogen) atoms. The molecule has 1 heterocycles. The van der Waals surface area contributed by atoms with Crippen LogP contribution in [0.4, 0.5) is 19.5 Å². The van der Waals surface area contributed by atoms with E-state index in [9.17, 15) is 18.4 Å².